The van der Waals surface area contributed by atoms with Gasteiger partial charge >= 0.3 is 0 Å². The van der Waals surface area contributed by atoms with Gasteiger partial charge in [0.2, 0.25) is 0 Å². The average Bonchev–Trinajstić information content (AvgIpc) is 2.85. The fourth-order valence-corrected chi connectivity index (χ4v) is 4.00. The van der Waals surface area contributed by atoms with Crippen molar-refractivity contribution in [2.24, 2.45) is 0 Å². The van der Waals surface area contributed by atoms with Gasteiger partial charge < -0.3 is 0 Å². The number of hydrogen-bond donors (Lipinski definition) is 0. The standard InChI is InChI=1S/C12H20N2.2C11H18N2.CH4/c1-7(2)11-9(5)10(6)13-12(14-11)8(3)4;1-7(2)10-9(5)6-12-11(13-10)8(3)4;1-7(2)10-6-9(5)12-11(13-10)8(3)4;/h7-8H,1-6H3;2*6-8H,1-5H3;1H4. The van der Waals surface area contributed by atoms with Gasteiger partial charge in [-0.15, -0.1) is 0 Å². The predicted molar refractivity (Wildman–Crippen MR) is 176 cm³/mol. The molecule has 0 radical (unpaired) electrons. The lowest BCUT2D eigenvalue weighted by molar-refractivity contribution is 0.713. The monoisotopic (exact) mass is 564 g/mol. The van der Waals surface area contributed by atoms with Crippen LogP contribution in [0.5, 0.6) is 0 Å². The minimum atomic E-state index is 0. The van der Waals surface area contributed by atoms with Crippen molar-refractivity contribution in [3.05, 3.63) is 69.3 Å². The number of aryl methyl sites for hydroxylation is 3. The van der Waals surface area contributed by atoms with E-state index in [1.165, 1.54) is 22.5 Å². The quantitative estimate of drug-likeness (QED) is 0.296. The minimum Gasteiger partial charge on any atom is -0.241 e. The highest BCUT2D eigenvalue weighted by Gasteiger charge is 2.13. The summed E-state index contributed by atoms with van der Waals surface area (Å²) >= 11 is 0. The summed E-state index contributed by atoms with van der Waals surface area (Å²) in [6.07, 6.45) is 1.93. The van der Waals surface area contributed by atoms with Gasteiger partial charge in [-0.25, -0.2) is 29.9 Å². The zero-order valence-electron chi connectivity index (χ0n) is 28.3. The largest absolute Gasteiger partial charge is 0.241 e. The van der Waals surface area contributed by atoms with E-state index in [0.717, 1.165) is 34.6 Å². The number of hydrogen-bond acceptors (Lipinski definition) is 6. The molecular formula is C35H60N6. The Hall–Kier alpha value is -2.76. The van der Waals surface area contributed by atoms with Crippen LogP contribution in [0.25, 0.3) is 0 Å². The highest BCUT2D eigenvalue weighted by atomic mass is 14.9. The third-order valence-electron chi connectivity index (χ3n) is 6.60. The van der Waals surface area contributed by atoms with Gasteiger partial charge in [-0.2, -0.15) is 0 Å². The summed E-state index contributed by atoms with van der Waals surface area (Å²) in [4.78, 5) is 26.9. The summed E-state index contributed by atoms with van der Waals surface area (Å²) in [6, 6.07) is 2.07. The van der Waals surface area contributed by atoms with Crippen LogP contribution in [0.15, 0.2) is 12.3 Å². The fraction of sp³-hybridized carbons (Fsp3) is 0.657. The maximum Gasteiger partial charge on any atom is 0.131 e. The van der Waals surface area contributed by atoms with Crippen molar-refractivity contribution in [1.29, 1.82) is 0 Å². The van der Waals surface area contributed by atoms with Crippen molar-refractivity contribution >= 4 is 0 Å². The Bertz CT molecular complexity index is 1180. The van der Waals surface area contributed by atoms with Gasteiger partial charge in [0, 0.05) is 52.4 Å². The first-order chi connectivity index (χ1) is 18.5. The predicted octanol–water partition coefficient (Wildman–Crippen LogP) is 10.0. The summed E-state index contributed by atoms with van der Waals surface area (Å²) in [7, 11) is 0. The highest BCUT2D eigenvalue weighted by Crippen LogP contribution is 2.21. The molecule has 0 spiro atoms. The van der Waals surface area contributed by atoms with Crippen molar-refractivity contribution in [2.75, 3.05) is 0 Å². The van der Waals surface area contributed by atoms with E-state index in [1.807, 2.05) is 13.1 Å². The van der Waals surface area contributed by atoms with Crippen molar-refractivity contribution in [1.82, 2.24) is 29.9 Å². The highest BCUT2D eigenvalue weighted by molar-refractivity contribution is 5.26. The Morgan fingerprint density at radius 3 is 1.39 bits per heavy atom. The van der Waals surface area contributed by atoms with Gasteiger partial charge in [-0.3, -0.25) is 0 Å². The Morgan fingerprint density at radius 1 is 0.488 bits per heavy atom. The minimum absolute atomic E-state index is 0. The molecule has 0 aliphatic rings. The fourth-order valence-electron chi connectivity index (χ4n) is 4.00. The molecule has 6 heteroatoms. The lowest BCUT2D eigenvalue weighted by Gasteiger charge is -2.14. The lowest BCUT2D eigenvalue weighted by Crippen LogP contribution is -2.07. The number of nitrogens with zero attached hydrogens (tertiary/aromatic N) is 6. The Morgan fingerprint density at radius 2 is 0.951 bits per heavy atom. The molecule has 3 aromatic rings. The van der Waals surface area contributed by atoms with Gasteiger partial charge in [0.1, 0.15) is 17.5 Å². The van der Waals surface area contributed by atoms with E-state index in [0.29, 0.717) is 35.5 Å². The molecule has 6 nitrogen and oxygen atoms in total. The third-order valence-corrected chi connectivity index (χ3v) is 6.60. The van der Waals surface area contributed by atoms with E-state index in [1.54, 1.807) is 0 Å². The van der Waals surface area contributed by atoms with Crippen LogP contribution in [-0.4, -0.2) is 29.9 Å². The van der Waals surface area contributed by atoms with Crippen LogP contribution < -0.4 is 0 Å². The molecule has 0 saturated carbocycles. The SMILES string of the molecule is C.Cc1cc(C(C)C)nc(C(C)C)n1.Cc1cnc(C(C)C)nc1C(C)C.Cc1nc(C(C)C)nc(C(C)C)c1C. The molecule has 0 bridgehead atoms. The molecule has 0 atom stereocenters. The topological polar surface area (TPSA) is 77.3 Å². The van der Waals surface area contributed by atoms with Crippen LogP contribution in [0.3, 0.4) is 0 Å². The molecule has 0 unspecified atom stereocenters. The van der Waals surface area contributed by atoms with E-state index in [9.17, 15) is 0 Å². The molecule has 0 aliphatic carbocycles. The van der Waals surface area contributed by atoms with Crippen LogP contribution in [0.4, 0.5) is 0 Å². The van der Waals surface area contributed by atoms with Crippen molar-refractivity contribution in [2.45, 2.75) is 154 Å². The zero-order chi connectivity index (χ0) is 30.9. The van der Waals surface area contributed by atoms with Gasteiger partial charge in [0.05, 0.1) is 0 Å². The van der Waals surface area contributed by atoms with Crippen LogP contribution in [0, 0.1) is 27.7 Å². The Labute approximate surface area is 252 Å². The molecule has 3 rings (SSSR count). The molecule has 0 amide bonds. The van der Waals surface area contributed by atoms with Crippen molar-refractivity contribution in [3.63, 3.8) is 0 Å². The van der Waals surface area contributed by atoms with Gasteiger partial charge in [-0.05, 0) is 62.6 Å². The van der Waals surface area contributed by atoms with Crippen LogP contribution in [0.2, 0.25) is 0 Å². The summed E-state index contributed by atoms with van der Waals surface area (Å²) in [5.41, 5.74) is 8.15. The van der Waals surface area contributed by atoms with Crippen LogP contribution >= 0.6 is 0 Å². The maximum atomic E-state index is 4.62. The third kappa shape index (κ3) is 11.9. The molecule has 0 aromatic carbocycles. The number of aromatic nitrogens is 6. The summed E-state index contributed by atoms with van der Waals surface area (Å²) in [5, 5.41) is 0. The lowest BCUT2D eigenvalue weighted by atomic mass is 10.0. The van der Waals surface area contributed by atoms with E-state index in [-0.39, 0.29) is 7.43 Å². The van der Waals surface area contributed by atoms with Gasteiger partial charge in [0.25, 0.3) is 0 Å². The smallest absolute Gasteiger partial charge is 0.131 e. The summed E-state index contributed by atoms with van der Waals surface area (Å²) in [6.45, 7) is 34.0. The second-order valence-electron chi connectivity index (χ2n) is 12.7. The van der Waals surface area contributed by atoms with E-state index >= 15 is 0 Å². The van der Waals surface area contributed by atoms with E-state index in [4.69, 9.17) is 0 Å². The molecule has 3 aromatic heterocycles. The second kappa shape index (κ2) is 17.3. The number of rotatable bonds is 6. The zero-order valence-corrected chi connectivity index (χ0v) is 28.3. The van der Waals surface area contributed by atoms with Crippen LogP contribution in [-0.2, 0) is 0 Å². The first-order valence-electron chi connectivity index (χ1n) is 15.0. The van der Waals surface area contributed by atoms with E-state index in [2.05, 4.69) is 140 Å². The molecule has 230 valence electrons. The van der Waals surface area contributed by atoms with Crippen molar-refractivity contribution < 1.29 is 0 Å². The van der Waals surface area contributed by atoms with Gasteiger partial charge in [-0.1, -0.05) is 90.5 Å². The average molecular weight is 565 g/mol. The van der Waals surface area contributed by atoms with Crippen molar-refractivity contribution in [3.8, 4) is 0 Å². The Kier molecular flexibility index (Phi) is 16.1. The molecule has 3 heterocycles. The molecule has 0 aliphatic heterocycles. The summed E-state index contributed by atoms with van der Waals surface area (Å²) in [5.74, 6) is 5.57. The molecule has 0 fully saturated rings. The maximum absolute atomic E-state index is 4.62. The Balaban J connectivity index is 0.000000579. The molecule has 41 heavy (non-hydrogen) atoms. The van der Waals surface area contributed by atoms with Crippen LogP contribution in [0.1, 0.15) is 183 Å². The molecule has 0 saturated heterocycles. The first kappa shape index (κ1) is 38.2. The van der Waals surface area contributed by atoms with Gasteiger partial charge in [0.15, 0.2) is 0 Å². The van der Waals surface area contributed by atoms with E-state index < -0.39 is 0 Å². The molecule has 0 N–H and O–H groups in total. The first-order valence-corrected chi connectivity index (χ1v) is 15.0. The normalized spacial score (nSPS) is 11.1. The second-order valence-corrected chi connectivity index (χ2v) is 12.7. The molecular weight excluding hydrogens is 504 g/mol. The summed E-state index contributed by atoms with van der Waals surface area (Å²) < 4.78 is 0.